The number of ether oxygens (including phenoxy) is 1. The van der Waals surface area contributed by atoms with E-state index in [4.69, 9.17) is 4.74 Å². The first-order valence-electron chi connectivity index (χ1n) is 7.96. The molecule has 7 heteroatoms. The second-order valence-electron chi connectivity index (χ2n) is 5.56. The summed E-state index contributed by atoms with van der Waals surface area (Å²) in [5.74, 6) is 4.54. The second kappa shape index (κ2) is 8.19. The molecule has 2 heterocycles. The highest BCUT2D eigenvalue weighted by Gasteiger charge is 2.14. The first-order valence-corrected chi connectivity index (χ1v) is 9.12. The highest BCUT2D eigenvalue weighted by Crippen LogP contribution is 2.20. The van der Waals surface area contributed by atoms with Gasteiger partial charge in [-0.2, -0.15) is 11.8 Å². The van der Waals surface area contributed by atoms with Gasteiger partial charge in [-0.3, -0.25) is 0 Å². The van der Waals surface area contributed by atoms with Gasteiger partial charge in [0.05, 0.1) is 6.54 Å². The highest BCUT2D eigenvalue weighted by molar-refractivity contribution is 7.99. The van der Waals surface area contributed by atoms with Gasteiger partial charge in [-0.25, -0.2) is 14.4 Å². The third-order valence-corrected chi connectivity index (χ3v) is 4.82. The molecule has 3 rings (SSSR count). The smallest absolute Gasteiger partial charge is 0.134 e. The molecule has 0 unspecified atom stereocenters. The van der Waals surface area contributed by atoms with E-state index >= 15 is 0 Å². The number of aromatic nitrogens is 2. The molecule has 0 atom stereocenters. The lowest BCUT2D eigenvalue weighted by Gasteiger charge is -2.28. The predicted molar refractivity (Wildman–Crippen MR) is 96.7 cm³/mol. The van der Waals surface area contributed by atoms with Crippen LogP contribution in [-0.2, 0) is 0 Å². The Kier molecular flexibility index (Phi) is 5.74. The molecule has 1 aromatic carbocycles. The van der Waals surface area contributed by atoms with Crippen LogP contribution < -0.4 is 14.5 Å². The molecule has 1 fully saturated rings. The van der Waals surface area contributed by atoms with Crippen molar-refractivity contribution in [3.8, 4) is 5.75 Å². The molecule has 0 saturated carbocycles. The number of hydrogen-bond acceptors (Lipinski definition) is 6. The summed E-state index contributed by atoms with van der Waals surface area (Å²) in [4.78, 5) is 13.1. The quantitative estimate of drug-likeness (QED) is 0.799. The largest absolute Gasteiger partial charge is 0.492 e. The summed E-state index contributed by atoms with van der Waals surface area (Å²) in [6, 6.07) is 8.08. The molecule has 0 radical (unpaired) electrons. The number of rotatable bonds is 6. The Hall–Kier alpha value is -2.02. The fraction of sp³-hybridized carbons (Fsp3) is 0.412. The minimum atomic E-state index is -0.260. The summed E-state index contributed by atoms with van der Waals surface area (Å²) >= 11 is 1.98. The van der Waals surface area contributed by atoms with Gasteiger partial charge in [-0.1, -0.05) is 0 Å². The molecular formula is C17H21FN4OS. The average Bonchev–Trinajstić information content (AvgIpc) is 2.64. The van der Waals surface area contributed by atoms with Crippen molar-refractivity contribution in [3.05, 3.63) is 42.5 Å². The van der Waals surface area contributed by atoms with Crippen molar-refractivity contribution >= 4 is 23.4 Å². The van der Waals surface area contributed by atoms with Gasteiger partial charge in [0.1, 0.15) is 36.1 Å². The van der Waals surface area contributed by atoms with E-state index in [-0.39, 0.29) is 5.82 Å². The van der Waals surface area contributed by atoms with Crippen LogP contribution in [0.1, 0.15) is 0 Å². The first-order chi connectivity index (χ1) is 11.7. The second-order valence-corrected chi connectivity index (χ2v) is 6.78. The Balaban J connectivity index is 1.54. The topological polar surface area (TPSA) is 41.5 Å². The van der Waals surface area contributed by atoms with Crippen LogP contribution in [0.25, 0.3) is 0 Å². The number of likely N-dealkylation sites (N-methyl/N-ethyl adjacent to an activating group) is 1. The van der Waals surface area contributed by atoms with Crippen molar-refractivity contribution in [1.29, 1.82) is 0 Å². The molecule has 5 nitrogen and oxygen atoms in total. The van der Waals surface area contributed by atoms with Gasteiger partial charge in [-0.05, 0) is 24.3 Å². The number of benzene rings is 1. The van der Waals surface area contributed by atoms with E-state index < -0.39 is 0 Å². The van der Waals surface area contributed by atoms with Crippen LogP contribution in [0, 0.1) is 5.82 Å². The third kappa shape index (κ3) is 4.50. The normalized spacial score (nSPS) is 14.5. The molecule has 24 heavy (non-hydrogen) atoms. The van der Waals surface area contributed by atoms with E-state index in [9.17, 15) is 4.39 Å². The lowest BCUT2D eigenvalue weighted by molar-refractivity contribution is 0.325. The minimum absolute atomic E-state index is 0.260. The summed E-state index contributed by atoms with van der Waals surface area (Å²) in [6.07, 6.45) is 1.61. The van der Waals surface area contributed by atoms with Crippen LogP contribution in [0.15, 0.2) is 36.7 Å². The minimum Gasteiger partial charge on any atom is -0.492 e. The number of hydrogen-bond donors (Lipinski definition) is 0. The first kappa shape index (κ1) is 16.8. The lowest BCUT2D eigenvalue weighted by Crippen LogP contribution is -2.33. The predicted octanol–water partition coefficient (Wildman–Crippen LogP) is 2.68. The average molecular weight is 348 g/mol. The lowest BCUT2D eigenvalue weighted by atomic mass is 10.3. The molecule has 0 amide bonds. The molecular weight excluding hydrogens is 327 g/mol. The van der Waals surface area contributed by atoms with Gasteiger partial charge in [0, 0.05) is 37.7 Å². The maximum atomic E-state index is 12.9. The number of anilines is 2. The zero-order valence-electron chi connectivity index (χ0n) is 13.7. The van der Waals surface area contributed by atoms with Gasteiger partial charge in [0.25, 0.3) is 0 Å². The molecule has 0 aliphatic carbocycles. The maximum absolute atomic E-state index is 12.9. The Morgan fingerprint density at radius 1 is 1.21 bits per heavy atom. The summed E-state index contributed by atoms with van der Waals surface area (Å²) in [5, 5.41) is 0. The highest BCUT2D eigenvalue weighted by atomic mass is 32.2. The van der Waals surface area contributed by atoms with E-state index in [1.54, 1.807) is 18.5 Å². The van der Waals surface area contributed by atoms with Crippen LogP contribution in [0.2, 0.25) is 0 Å². The zero-order chi connectivity index (χ0) is 16.8. The van der Waals surface area contributed by atoms with Crippen molar-refractivity contribution < 1.29 is 9.13 Å². The summed E-state index contributed by atoms with van der Waals surface area (Å²) in [6.45, 7) is 3.24. The molecule has 0 N–H and O–H groups in total. The van der Waals surface area contributed by atoms with Gasteiger partial charge in [-0.15, -0.1) is 0 Å². The van der Waals surface area contributed by atoms with Gasteiger partial charge < -0.3 is 14.5 Å². The zero-order valence-corrected chi connectivity index (χ0v) is 14.5. The molecule has 2 aromatic rings. The maximum Gasteiger partial charge on any atom is 0.134 e. The monoisotopic (exact) mass is 348 g/mol. The fourth-order valence-corrected chi connectivity index (χ4v) is 3.36. The van der Waals surface area contributed by atoms with Crippen LogP contribution in [0.5, 0.6) is 5.75 Å². The van der Waals surface area contributed by atoms with E-state index in [0.29, 0.717) is 18.9 Å². The Bertz CT molecular complexity index is 649. The summed E-state index contributed by atoms with van der Waals surface area (Å²) in [5.41, 5.74) is 0. The molecule has 1 aliphatic rings. The van der Waals surface area contributed by atoms with Gasteiger partial charge >= 0.3 is 0 Å². The van der Waals surface area contributed by atoms with E-state index in [1.807, 2.05) is 29.8 Å². The van der Waals surface area contributed by atoms with E-state index in [2.05, 4.69) is 14.9 Å². The number of nitrogens with zero attached hydrogens (tertiary/aromatic N) is 4. The van der Waals surface area contributed by atoms with Crippen LogP contribution in [-0.4, -0.2) is 54.8 Å². The number of halogens is 1. The van der Waals surface area contributed by atoms with Crippen LogP contribution >= 0.6 is 11.8 Å². The SMILES string of the molecule is CN(CCOc1ccc(F)cc1)c1cc(N2CCSCC2)ncn1. The molecule has 0 spiro atoms. The van der Waals surface area contributed by atoms with Crippen LogP contribution in [0.4, 0.5) is 16.0 Å². The van der Waals surface area contributed by atoms with Crippen molar-refractivity contribution in [3.63, 3.8) is 0 Å². The fourth-order valence-electron chi connectivity index (χ4n) is 2.46. The van der Waals surface area contributed by atoms with Crippen LogP contribution in [0.3, 0.4) is 0 Å². The van der Waals surface area contributed by atoms with Crippen molar-refractivity contribution in [2.75, 3.05) is 54.6 Å². The van der Waals surface area contributed by atoms with Crippen molar-refractivity contribution in [2.24, 2.45) is 0 Å². The van der Waals surface area contributed by atoms with Crippen molar-refractivity contribution in [1.82, 2.24) is 9.97 Å². The molecule has 0 bridgehead atoms. The number of thioether (sulfide) groups is 1. The Morgan fingerprint density at radius 2 is 1.96 bits per heavy atom. The van der Waals surface area contributed by atoms with E-state index in [0.717, 1.165) is 36.2 Å². The summed E-state index contributed by atoms with van der Waals surface area (Å²) in [7, 11) is 1.98. The van der Waals surface area contributed by atoms with Crippen molar-refractivity contribution in [2.45, 2.75) is 0 Å². The standard InChI is InChI=1S/C17H21FN4OS/c1-21(6-9-23-15-4-2-14(18)3-5-15)16-12-17(20-13-19-16)22-7-10-24-11-8-22/h2-5,12-13H,6-11H2,1H3. The molecule has 1 aromatic heterocycles. The van der Waals surface area contributed by atoms with Gasteiger partial charge in [0.15, 0.2) is 0 Å². The molecule has 1 aliphatic heterocycles. The Morgan fingerprint density at radius 3 is 2.71 bits per heavy atom. The molecule has 1 saturated heterocycles. The third-order valence-electron chi connectivity index (χ3n) is 3.87. The summed E-state index contributed by atoms with van der Waals surface area (Å²) < 4.78 is 18.5. The molecule has 128 valence electrons. The van der Waals surface area contributed by atoms with Gasteiger partial charge in [0.2, 0.25) is 0 Å². The van der Waals surface area contributed by atoms with E-state index in [1.165, 1.54) is 12.1 Å². The Labute approximate surface area is 145 Å².